The van der Waals surface area contributed by atoms with Gasteiger partial charge in [-0.15, -0.1) is 0 Å². The van der Waals surface area contributed by atoms with Crippen molar-refractivity contribution in [2.24, 2.45) is 0 Å². The Hall–Kier alpha value is -1.11. The van der Waals surface area contributed by atoms with Crippen LogP contribution in [0, 0.1) is 0 Å². The molecular weight excluding hydrogens is 184 g/mol. The standard InChI is InChI=1S/C14H18O/c1-9(2)12-6-13(10(3)15)8-14(7-12)11-4-5-11/h6-9,11H,4-5H2,1-3H3. The van der Waals surface area contributed by atoms with Gasteiger partial charge in [-0.3, -0.25) is 4.79 Å². The maximum atomic E-state index is 11.4. The zero-order valence-electron chi connectivity index (χ0n) is 9.71. The van der Waals surface area contributed by atoms with E-state index in [1.807, 2.05) is 6.07 Å². The van der Waals surface area contributed by atoms with Gasteiger partial charge in [-0.05, 0) is 54.9 Å². The summed E-state index contributed by atoms with van der Waals surface area (Å²) < 4.78 is 0. The maximum Gasteiger partial charge on any atom is 0.159 e. The van der Waals surface area contributed by atoms with Crippen LogP contribution in [0.1, 0.15) is 66.9 Å². The Balaban J connectivity index is 2.43. The second kappa shape index (κ2) is 3.80. The molecule has 1 aliphatic rings. The van der Waals surface area contributed by atoms with Crippen LogP contribution in [0.25, 0.3) is 0 Å². The predicted molar refractivity (Wildman–Crippen MR) is 62.5 cm³/mol. The van der Waals surface area contributed by atoms with Gasteiger partial charge in [-0.2, -0.15) is 0 Å². The first-order valence-corrected chi connectivity index (χ1v) is 5.73. The second-order valence-electron chi connectivity index (χ2n) is 4.87. The molecule has 0 aliphatic heterocycles. The number of hydrogen-bond acceptors (Lipinski definition) is 1. The first kappa shape index (κ1) is 10.4. The molecule has 0 saturated heterocycles. The number of hydrogen-bond donors (Lipinski definition) is 0. The molecule has 0 bridgehead atoms. The fourth-order valence-corrected chi connectivity index (χ4v) is 1.87. The number of rotatable bonds is 3. The quantitative estimate of drug-likeness (QED) is 0.679. The zero-order valence-corrected chi connectivity index (χ0v) is 9.71. The number of carbonyl (C=O) groups excluding carboxylic acids is 1. The summed E-state index contributed by atoms with van der Waals surface area (Å²) >= 11 is 0. The SMILES string of the molecule is CC(=O)c1cc(C(C)C)cc(C2CC2)c1. The first-order valence-electron chi connectivity index (χ1n) is 5.73. The molecule has 1 heteroatoms. The summed E-state index contributed by atoms with van der Waals surface area (Å²) in [6.45, 7) is 6.00. The molecule has 1 saturated carbocycles. The van der Waals surface area contributed by atoms with E-state index < -0.39 is 0 Å². The molecule has 0 radical (unpaired) electrons. The number of ketones is 1. The summed E-state index contributed by atoms with van der Waals surface area (Å²) in [6.07, 6.45) is 2.58. The summed E-state index contributed by atoms with van der Waals surface area (Å²) in [5.41, 5.74) is 3.54. The van der Waals surface area contributed by atoms with Gasteiger partial charge in [0, 0.05) is 5.56 Å². The van der Waals surface area contributed by atoms with Crippen LogP contribution in [0.5, 0.6) is 0 Å². The van der Waals surface area contributed by atoms with E-state index in [2.05, 4.69) is 26.0 Å². The monoisotopic (exact) mass is 202 g/mol. The molecule has 0 unspecified atom stereocenters. The third-order valence-electron chi connectivity index (χ3n) is 3.10. The minimum atomic E-state index is 0.180. The maximum absolute atomic E-state index is 11.4. The van der Waals surface area contributed by atoms with Gasteiger partial charge in [0.05, 0.1) is 0 Å². The fraction of sp³-hybridized carbons (Fsp3) is 0.500. The number of benzene rings is 1. The van der Waals surface area contributed by atoms with Crippen LogP contribution in [-0.2, 0) is 0 Å². The van der Waals surface area contributed by atoms with Crippen LogP contribution in [0.4, 0.5) is 0 Å². The summed E-state index contributed by atoms with van der Waals surface area (Å²) in [6, 6.07) is 6.39. The highest BCUT2D eigenvalue weighted by Crippen LogP contribution is 2.41. The van der Waals surface area contributed by atoms with Gasteiger partial charge in [0.25, 0.3) is 0 Å². The Morgan fingerprint density at radius 1 is 1.27 bits per heavy atom. The van der Waals surface area contributed by atoms with E-state index in [-0.39, 0.29) is 5.78 Å². The van der Waals surface area contributed by atoms with Crippen molar-refractivity contribution in [2.45, 2.75) is 45.4 Å². The van der Waals surface area contributed by atoms with Crippen LogP contribution >= 0.6 is 0 Å². The largest absolute Gasteiger partial charge is 0.295 e. The van der Waals surface area contributed by atoms with Crippen molar-refractivity contribution in [3.05, 3.63) is 34.9 Å². The lowest BCUT2D eigenvalue weighted by Crippen LogP contribution is -1.98. The van der Waals surface area contributed by atoms with E-state index in [0.29, 0.717) is 5.92 Å². The molecule has 0 atom stereocenters. The molecule has 1 aromatic rings. The van der Waals surface area contributed by atoms with E-state index in [0.717, 1.165) is 11.5 Å². The Labute approximate surface area is 91.5 Å². The van der Waals surface area contributed by atoms with Gasteiger partial charge in [0.2, 0.25) is 0 Å². The predicted octanol–water partition coefficient (Wildman–Crippen LogP) is 3.89. The molecule has 0 N–H and O–H groups in total. The Morgan fingerprint density at radius 3 is 2.40 bits per heavy atom. The van der Waals surface area contributed by atoms with Crippen molar-refractivity contribution in [1.82, 2.24) is 0 Å². The number of carbonyl (C=O) groups is 1. The third-order valence-corrected chi connectivity index (χ3v) is 3.10. The van der Waals surface area contributed by atoms with Crippen LogP contribution in [0.2, 0.25) is 0 Å². The smallest absolute Gasteiger partial charge is 0.159 e. The van der Waals surface area contributed by atoms with E-state index in [9.17, 15) is 4.79 Å². The van der Waals surface area contributed by atoms with Crippen LogP contribution in [-0.4, -0.2) is 5.78 Å². The van der Waals surface area contributed by atoms with Gasteiger partial charge in [-0.1, -0.05) is 19.9 Å². The van der Waals surface area contributed by atoms with Crippen molar-refractivity contribution in [3.63, 3.8) is 0 Å². The third kappa shape index (κ3) is 2.28. The van der Waals surface area contributed by atoms with Gasteiger partial charge in [0.1, 0.15) is 0 Å². The molecule has 1 fully saturated rings. The molecular formula is C14H18O. The van der Waals surface area contributed by atoms with Crippen molar-refractivity contribution in [2.75, 3.05) is 0 Å². The molecule has 0 spiro atoms. The van der Waals surface area contributed by atoms with Crippen LogP contribution in [0.15, 0.2) is 18.2 Å². The Kier molecular flexibility index (Phi) is 2.64. The molecule has 1 aliphatic carbocycles. The van der Waals surface area contributed by atoms with Crippen molar-refractivity contribution in [1.29, 1.82) is 0 Å². The van der Waals surface area contributed by atoms with Gasteiger partial charge >= 0.3 is 0 Å². The molecule has 0 aromatic heterocycles. The van der Waals surface area contributed by atoms with E-state index in [1.54, 1.807) is 6.92 Å². The van der Waals surface area contributed by atoms with Crippen molar-refractivity contribution < 1.29 is 4.79 Å². The minimum absolute atomic E-state index is 0.180. The van der Waals surface area contributed by atoms with E-state index in [1.165, 1.54) is 24.0 Å². The van der Waals surface area contributed by atoms with Crippen LogP contribution in [0.3, 0.4) is 0 Å². The topological polar surface area (TPSA) is 17.1 Å². The minimum Gasteiger partial charge on any atom is -0.295 e. The normalized spacial score (nSPS) is 15.7. The summed E-state index contributed by atoms with van der Waals surface area (Å²) in [7, 11) is 0. The van der Waals surface area contributed by atoms with Gasteiger partial charge in [0.15, 0.2) is 5.78 Å². The van der Waals surface area contributed by atoms with E-state index in [4.69, 9.17) is 0 Å². The molecule has 80 valence electrons. The summed E-state index contributed by atoms with van der Waals surface area (Å²) in [5.74, 6) is 1.41. The average molecular weight is 202 g/mol. The van der Waals surface area contributed by atoms with Gasteiger partial charge < -0.3 is 0 Å². The highest BCUT2D eigenvalue weighted by atomic mass is 16.1. The molecule has 0 amide bonds. The summed E-state index contributed by atoms with van der Waals surface area (Å²) in [4.78, 5) is 11.4. The highest BCUT2D eigenvalue weighted by Gasteiger charge is 2.24. The molecule has 2 rings (SSSR count). The first-order chi connectivity index (χ1) is 7.08. The molecule has 1 aromatic carbocycles. The van der Waals surface area contributed by atoms with E-state index >= 15 is 0 Å². The lowest BCUT2D eigenvalue weighted by molar-refractivity contribution is 0.101. The lowest BCUT2D eigenvalue weighted by atomic mass is 9.95. The molecule has 15 heavy (non-hydrogen) atoms. The van der Waals surface area contributed by atoms with Crippen molar-refractivity contribution >= 4 is 5.78 Å². The molecule has 0 heterocycles. The van der Waals surface area contributed by atoms with Crippen LogP contribution < -0.4 is 0 Å². The molecule has 1 nitrogen and oxygen atoms in total. The second-order valence-corrected chi connectivity index (χ2v) is 4.87. The lowest BCUT2D eigenvalue weighted by Gasteiger charge is -2.10. The summed E-state index contributed by atoms with van der Waals surface area (Å²) in [5, 5.41) is 0. The highest BCUT2D eigenvalue weighted by molar-refractivity contribution is 5.94. The fourth-order valence-electron chi connectivity index (χ4n) is 1.87. The number of Topliss-reactive ketones (excluding diaryl/α,β-unsaturated/α-hetero) is 1. The zero-order chi connectivity index (χ0) is 11.0. The van der Waals surface area contributed by atoms with Gasteiger partial charge in [-0.25, -0.2) is 0 Å². The van der Waals surface area contributed by atoms with Crippen molar-refractivity contribution in [3.8, 4) is 0 Å². The average Bonchev–Trinajstić information content (AvgIpc) is 3.00. The Bertz CT molecular complexity index is 366. The Morgan fingerprint density at radius 2 is 1.93 bits per heavy atom.